The Labute approximate surface area is 187 Å². The highest BCUT2D eigenvalue weighted by atomic mass is 35.5. The number of carbonyl (C=O) groups excluding carboxylic acids is 1. The molecule has 7 heteroatoms. The maximum Gasteiger partial charge on any atom is 0.360 e. The molecule has 2 aromatic rings. The molecule has 0 fully saturated rings. The van der Waals surface area contributed by atoms with E-state index in [4.69, 9.17) is 26.0 Å². The van der Waals surface area contributed by atoms with Gasteiger partial charge in [0.15, 0.2) is 5.71 Å². The van der Waals surface area contributed by atoms with Gasteiger partial charge in [0.05, 0.1) is 7.11 Å². The molecule has 0 atom stereocenters. The smallest absolute Gasteiger partial charge is 0.360 e. The molecular formula is C24H25ClN2O4. The van der Waals surface area contributed by atoms with Crippen molar-refractivity contribution < 1.29 is 19.2 Å². The number of carbonyl (C=O) groups is 1. The van der Waals surface area contributed by atoms with Gasteiger partial charge in [-0.15, -0.1) is 0 Å². The second-order valence-electron chi connectivity index (χ2n) is 6.86. The van der Waals surface area contributed by atoms with Gasteiger partial charge < -0.3 is 14.4 Å². The Morgan fingerprint density at radius 2 is 1.87 bits per heavy atom. The van der Waals surface area contributed by atoms with Crippen molar-refractivity contribution in [3.05, 3.63) is 69.7 Å². The molecule has 0 N–H and O–H groups in total. The topological polar surface area (TPSA) is 69.5 Å². The number of nitrogens with zero attached hydrogens (tertiary/aromatic N) is 2. The molecule has 0 amide bonds. The van der Waals surface area contributed by atoms with E-state index in [0.29, 0.717) is 27.8 Å². The standard InChI is InChI=1S/C24H25ClN2O4/c1-16(2)22-14-20(25)13-12-18(22)11-10-17(3)26-31-15-19-8-6-7-9-21(19)23(27-30-5)24(28)29-4/h6-9,12-14,16H,15H2,1-5H3/b26-17+,27-23+. The maximum absolute atomic E-state index is 12.0. The quantitative estimate of drug-likeness (QED) is 0.265. The van der Waals surface area contributed by atoms with E-state index in [0.717, 1.165) is 11.1 Å². The van der Waals surface area contributed by atoms with Gasteiger partial charge in [0.2, 0.25) is 0 Å². The number of hydrogen-bond donors (Lipinski definition) is 0. The predicted octanol–water partition coefficient (Wildman–Crippen LogP) is 4.93. The van der Waals surface area contributed by atoms with Crippen molar-refractivity contribution in [2.24, 2.45) is 10.3 Å². The summed E-state index contributed by atoms with van der Waals surface area (Å²) in [4.78, 5) is 22.3. The van der Waals surface area contributed by atoms with Crippen molar-refractivity contribution in [3.8, 4) is 11.8 Å². The Balaban J connectivity index is 2.17. The van der Waals surface area contributed by atoms with Gasteiger partial charge in [-0.25, -0.2) is 4.79 Å². The fourth-order valence-corrected chi connectivity index (χ4v) is 2.95. The predicted molar refractivity (Wildman–Crippen MR) is 122 cm³/mol. The van der Waals surface area contributed by atoms with E-state index in [9.17, 15) is 4.79 Å². The van der Waals surface area contributed by atoms with E-state index in [1.54, 1.807) is 19.1 Å². The summed E-state index contributed by atoms with van der Waals surface area (Å²) in [6.07, 6.45) is 0. The van der Waals surface area contributed by atoms with Crippen LogP contribution in [-0.2, 0) is 25.8 Å². The Bertz CT molecular complexity index is 1050. The third-order valence-corrected chi connectivity index (χ3v) is 4.50. The Hall–Kier alpha value is -3.30. The van der Waals surface area contributed by atoms with Gasteiger partial charge in [0.1, 0.15) is 19.4 Å². The van der Waals surface area contributed by atoms with E-state index in [2.05, 4.69) is 36.0 Å². The van der Waals surface area contributed by atoms with E-state index < -0.39 is 5.97 Å². The molecule has 0 spiro atoms. The van der Waals surface area contributed by atoms with Crippen LogP contribution in [0.5, 0.6) is 0 Å². The van der Waals surface area contributed by atoms with Crippen LogP contribution in [0.15, 0.2) is 52.8 Å². The van der Waals surface area contributed by atoms with Crippen LogP contribution in [-0.4, -0.2) is 31.6 Å². The van der Waals surface area contributed by atoms with Gasteiger partial charge in [-0.3, -0.25) is 0 Å². The Morgan fingerprint density at radius 1 is 1.13 bits per heavy atom. The molecule has 0 heterocycles. The minimum absolute atomic E-state index is 0.0497. The number of esters is 1. The van der Waals surface area contributed by atoms with Gasteiger partial charge in [-0.05, 0) is 42.5 Å². The summed E-state index contributed by atoms with van der Waals surface area (Å²) in [5, 5.41) is 8.53. The third kappa shape index (κ3) is 6.87. The summed E-state index contributed by atoms with van der Waals surface area (Å²) >= 11 is 6.10. The largest absolute Gasteiger partial charge is 0.464 e. The third-order valence-electron chi connectivity index (χ3n) is 4.27. The first-order valence-corrected chi connectivity index (χ1v) is 10.0. The van der Waals surface area contributed by atoms with Crippen LogP contribution in [0.1, 0.15) is 48.9 Å². The molecule has 0 aliphatic heterocycles. The van der Waals surface area contributed by atoms with Crippen LogP contribution >= 0.6 is 11.6 Å². The number of hydrogen-bond acceptors (Lipinski definition) is 6. The fraction of sp³-hybridized carbons (Fsp3) is 0.292. The van der Waals surface area contributed by atoms with Crippen LogP contribution in [0.4, 0.5) is 0 Å². The zero-order valence-corrected chi connectivity index (χ0v) is 19.0. The van der Waals surface area contributed by atoms with Crippen LogP contribution in [0, 0.1) is 11.8 Å². The summed E-state index contributed by atoms with van der Waals surface area (Å²) in [7, 11) is 2.64. The Morgan fingerprint density at radius 3 is 2.55 bits per heavy atom. The first-order chi connectivity index (χ1) is 14.9. The second-order valence-corrected chi connectivity index (χ2v) is 7.29. The molecule has 31 heavy (non-hydrogen) atoms. The molecule has 2 aromatic carbocycles. The molecule has 0 radical (unpaired) electrons. The van der Waals surface area contributed by atoms with E-state index in [1.807, 2.05) is 30.3 Å². The average molecular weight is 441 g/mol. The highest BCUT2D eigenvalue weighted by Crippen LogP contribution is 2.22. The minimum atomic E-state index is -0.608. The van der Waals surface area contributed by atoms with E-state index in [-0.39, 0.29) is 12.3 Å². The summed E-state index contributed by atoms with van der Waals surface area (Å²) in [5.41, 5.74) is 3.79. The fourth-order valence-electron chi connectivity index (χ4n) is 2.77. The first-order valence-electron chi connectivity index (χ1n) is 9.63. The number of benzene rings is 2. The molecule has 0 unspecified atom stereocenters. The van der Waals surface area contributed by atoms with Crippen molar-refractivity contribution in [2.45, 2.75) is 33.3 Å². The second kappa shape index (κ2) is 11.8. The van der Waals surface area contributed by atoms with E-state index >= 15 is 0 Å². The maximum atomic E-state index is 12.0. The number of ether oxygens (including phenoxy) is 1. The van der Waals surface area contributed by atoms with E-state index in [1.165, 1.54) is 14.2 Å². The lowest BCUT2D eigenvalue weighted by Gasteiger charge is -2.09. The van der Waals surface area contributed by atoms with Crippen molar-refractivity contribution in [3.63, 3.8) is 0 Å². The Kier molecular flexibility index (Phi) is 9.11. The molecule has 2 rings (SSSR count). The van der Waals surface area contributed by atoms with Crippen LogP contribution < -0.4 is 0 Å². The summed E-state index contributed by atoms with van der Waals surface area (Å²) in [5.74, 6) is 5.81. The average Bonchev–Trinajstić information content (AvgIpc) is 2.76. The molecule has 0 bridgehead atoms. The molecule has 6 nitrogen and oxygen atoms in total. The van der Waals surface area contributed by atoms with Crippen LogP contribution in [0.3, 0.4) is 0 Å². The monoisotopic (exact) mass is 440 g/mol. The van der Waals surface area contributed by atoms with Crippen LogP contribution in [0.2, 0.25) is 5.02 Å². The molecule has 162 valence electrons. The van der Waals surface area contributed by atoms with Gasteiger partial charge in [-0.2, -0.15) is 0 Å². The molecule has 0 aromatic heterocycles. The van der Waals surface area contributed by atoms with Crippen LogP contribution in [0.25, 0.3) is 0 Å². The summed E-state index contributed by atoms with van der Waals surface area (Å²) < 4.78 is 4.78. The summed E-state index contributed by atoms with van der Waals surface area (Å²) in [6.45, 7) is 6.06. The van der Waals surface area contributed by atoms with Crippen molar-refractivity contribution in [1.82, 2.24) is 0 Å². The number of rotatable bonds is 7. The minimum Gasteiger partial charge on any atom is -0.464 e. The number of halogens is 1. The number of oxime groups is 2. The number of methoxy groups -OCH3 is 1. The first kappa shape index (κ1) is 24.0. The summed E-state index contributed by atoms with van der Waals surface area (Å²) in [6, 6.07) is 12.8. The van der Waals surface area contributed by atoms with Gasteiger partial charge in [-0.1, -0.05) is 65.9 Å². The van der Waals surface area contributed by atoms with Gasteiger partial charge in [0.25, 0.3) is 0 Å². The lowest BCUT2D eigenvalue weighted by molar-refractivity contribution is -0.132. The lowest BCUT2D eigenvalue weighted by atomic mass is 9.97. The van der Waals surface area contributed by atoms with Gasteiger partial charge >= 0.3 is 5.97 Å². The SMILES string of the molecule is CO/N=C(/C(=O)OC)c1ccccc1CO/N=C(\C)C#Cc1ccc(Cl)cc1C(C)C. The molecular weight excluding hydrogens is 416 g/mol. The zero-order valence-electron chi connectivity index (χ0n) is 18.2. The van der Waals surface area contributed by atoms with Gasteiger partial charge in [0, 0.05) is 21.7 Å². The van der Waals surface area contributed by atoms with Crippen molar-refractivity contribution >= 4 is 29.0 Å². The highest BCUT2D eigenvalue weighted by Gasteiger charge is 2.19. The highest BCUT2D eigenvalue weighted by molar-refractivity contribution is 6.43. The molecule has 0 aliphatic rings. The van der Waals surface area contributed by atoms with Crippen molar-refractivity contribution in [1.29, 1.82) is 0 Å². The zero-order chi connectivity index (χ0) is 22.8. The molecule has 0 saturated heterocycles. The molecule has 0 aliphatic carbocycles. The van der Waals surface area contributed by atoms with Crippen molar-refractivity contribution in [2.75, 3.05) is 14.2 Å². The molecule has 0 saturated carbocycles. The lowest BCUT2D eigenvalue weighted by Crippen LogP contribution is -2.19. The normalized spacial score (nSPS) is 11.6.